The van der Waals surface area contributed by atoms with E-state index in [2.05, 4.69) is 122 Å². The average Bonchev–Trinajstić information content (AvgIpc) is 3.00. The molecule has 0 aliphatic rings. The van der Waals surface area contributed by atoms with Crippen molar-refractivity contribution < 1.29 is 38.3 Å². The molecule has 0 unspecified atom stereocenters. The van der Waals surface area contributed by atoms with E-state index in [0.29, 0.717) is 13.2 Å². The first-order chi connectivity index (χ1) is 21.0. The van der Waals surface area contributed by atoms with E-state index in [1.807, 2.05) is 0 Å². The zero-order chi connectivity index (χ0) is 32.0. The molecule has 4 aromatic rings. The molecule has 0 fully saturated rings. The van der Waals surface area contributed by atoms with Crippen LogP contribution in [0.25, 0.3) is 0 Å². The van der Waals surface area contributed by atoms with Crippen molar-refractivity contribution in [2.75, 3.05) is 13.1 Å². The molecule has 3 N–H and O–H groups in total. The standard InChI is InChI=1S/C33H38N2O2.C2HF3O2/c1-26-4-8-30(9-5-26)24-36-32-16-12-28(13-17-32)22-35(21-3-20-34)23-29-14-18-33(19-15-29)37-25-31-10-6-27(2)7-11-31;3-2(4,5)1(6)7/h4-19H,3,20-25,34H2,1-2H3;(H,6,7). The van der Waals surface area contributed by atoms with Crippen LogP contribution in [-0.2, 0) is 31.1 Å². The highest BCUT2D eigenvalue weighted by atomic mass is 19.4. The molecule has 4 aromatic carbocycles. The molecule has 0 heterocycles. The summed E-state index contributed by atoms with van der Waals surface area (Å²) in [4.78, 5) is 11.3. The molecular formula is C35H39F3N2O4. The number of benzene rings is 4. The number of hydrogen-bond donors (Lipinski definition) is 1. The minimum atomic E-state index is -5.19. The minimum absolute atomic E-state index is 0.583. The summed E-state index contributed by atoms with van der Waals surface area (Å²) in [5, 5.41) is 8.78. The largest absolute Gasteiger partial charge is 0.542 e. The number of alkyl halides is 3. The highest BCUT2D eigenvalue weighted by molar-refractivity contribution is 5.70. The molecule has 234 valence electrons. The maximum Gasteiger partial charge on any atom is 0.430 e. The molecule has 0 aliphatic heterocycles. The summed E-state index contributed by atoms with van der Waals surface area (Å²) in [7, 11) is 0. The molecule has 0 aliphatic carbocycles. The zero-order valence-corrected chi connectivity index (χ0v) is 25.1. The number of ether oxygens (including phenoxy) is 2. The van der Waals surface area contributed by atoms with E-state index in [-0.39, 0.29) is 0 Å². The molecule has 0 saturated carbocycles. The highest BCUT2D eigenvalue weighted by Crippen LogP contribution is 2.19. The van der Waals surface area contributed by atoms with E-state index in [4.69, 9.17) is 19.4 Å². The molecule has 0 saturated heterocycles. The van der Waals surface area contributed by atoms with Crippen molar-refractivity contribution in [1.82, 2.24) is 4.90 Å². The van der Waals surface area contributed by atoms with Gasteiger partial charge in [0.1, 0.15) is 30.7 Å². The molecule has 6 nitrogen and oxygen atoms in total. The smallest absolute Gasteiger partial charge is 0.430 e. The van der Waals surface area contributed by atoms with Crippen LogP contribution in [-0.4, -0.2) is 30.1 Å². The molecule has 44 heavy (non-hydrogen) atoms. The van der Waals surface area contributed by atoms with Gasteiger partial charge < -0.3 is 25.1 Å². The summed E-state index contributed by atoms with van der Waals surface area (Å²) >= 11 is 0. The number of carbonyl (C=O) groups is 1. The number of quaternary nitrogens is 1. The maximum absolute atomic E-state index is 10.5. The van der Waals surface area contributed by atoms with E-state index in [9.17, 15) is 13.2 Å². The molecule has 0 amide bonds. The zero-order valence-electron chi connectivity index (χ0n) is 25.1. The van der Waals surface area contributed by atoms with Gasteiger partial charge in [-0.05, 0) is 60.4 Å². The summed E-state index contributed by atoms with van der Waals surface area (Å²) in [5.74, 6) is -1.21. The van der Waals surface area contributed by atoms with E-state index in [1.54, 1.807) is 0 Å². The van der Waals surface area contributed by atoms with Crippen molar-refractivity contribution in [1.29, 1.82) is 0 Å². The Morgan fingerprint density at radius 1 is 0.682 bits per heavy atom. The molecule has 0 spiro atoms. The van der Waals surface area contributed by atoms with Crippen molar-refractivity contribution in [3.63, 3.8) is 0 Å². The number of carbonyl (C=O) groups excluding carboxylic acids is 1. The molecule has 0 radical (unpaired) electrons. The number of rotatable bonds is 13. The lowest BCUT2D eigenvalue weighted by atomic mass is 10.1. The number of nitrogens with zero attached hydrogens (tertiary/aromatic N) is 1. The van der Waals surface area contributed by atoms with Crippen LogP contribution in [0, 0.1) is 13.8 Å². The second-order valence-electron chi connectivity index (χ2n) is 10.5. The number of hydrogen-bond acceptors (Lipinski definition) is 5. The van der Waals surface area contributed by atoms with Gasteiger partial charge in [0.2, 0.25) is 0 Å². The first kappa shape index (κ1) is 34.2. The van der Waals surface area contributed by atoms with Crippen LogP contribution in [0.3, 0.4) is 0 Å². The van der Waals surface area contributed by atoms with Gasteiger partial charge >= 0.3 is 6.18 Å². The molecule has 0 aromatic heterocycles. The lowest BCUT2D eigenvalue weighted by molar-refractivity contribution is -0.368. The summed E-state index contributed by atoms with van der Waals surface area (Å²) in [5.41, 5.74) is 11.5. The number of carboxylic acid groups (broad SMARTS) is 1. The molecule has 4 rings (SSSR count). The highest BCUT2D eigenvalue weighted by Gasteiger charge is 2.28. The van der Waals surface area contributed by atoms with Crippen LogP contribution in [0.1, 0.15) is 39.8 Å². The van der Waals surface area contributed by atoms with Crippen LogP contribution in [0.5, 0.6) is 11.5 Å². The third kappa shape index (κ3) is 12.5. The first-order valence-corrected chi connectivity index (χ1v) is 14.4. The Labute approximate surface area is 256 Å². The monoisotopic (exact) mass is 608 g/mol. The van der Waals surface area contributed by atoms with E-state index >= 15 is 0 Å². The van der Waals surface area contributed by atoms with Gasteiger partial charge in [0.05, 0.1) is 6.54 Å². The lowest BCUT2D eigenvalue weighted by Crippen LogP contribution is -2.51. The van der Waals surface area contributed by atoms with Gasteiger partial charge in [-0.25, -0.2) is 0 Å². The van der Waals surface area contributed by atoms with E-state index in [0.717, 1.165) is 44.1 Å². The Balaban J connectivity index is 0.000000676. The lowest BCUT2D eigenvalue weighted by Gasteiger charge is -2.22. The predicted octanol–water partition coefficient (Wildman–Crippen LogP) is 5.39. The average molecular weight is 609 g/mol. The van der Waals surface area contributed by atoms with Gasteiger partial charge in [-0.2, -0.15) is 13.2 Å². The van der Waals surface area contributed by atoms with Crippen molar-refractivity contribution >= 4 is 5.97 Å². The summed E-state index contributed by atoms with van der Waals surface area (Å²) < 4.78 is 43.5. The van der Waals surface area contributed by atoms with Crippen LogP contribution >= 0.6 is 0 Å². The van der Waals surface area contributed by atoms with Crippen LogP contribution in [0.15, 0.2) is 97.1 Å². The van der Waals surface area contributed by atoms with Gasteiger partial charge in [-0.3, -0.25) is 4.90 Å². The fourth-order valence-electron chi connectivity index (χ4n) is 4.15. The van der Waals surface area contributed by atoms with Crippen LogP contribution in [0.2, 0.25) is 0 Å². The summed E-state index contributed by atoms with van der Waals surface area (Å²) in [6.07, 6.45) is -4.12. The number of carboxylic acids is 1. The van der Waals surface area contributed by atoms with E-state index in [1.165, 1.54) is 33.4 Å². The first-order valence-electron chi connectivity index (χ1n) is 14.4. The van der Waals surface area contributed by atoms with Gasteiger partial charge in [-0.1, -0.05) is 83.9 Å². The van der Waals surface area contributed by atoms with E-state index < -0.39 is 12.1 Å². The Hall–Kier alpha value is -4.34. The van der Waals surface area contributed by atoms with Gasteiger partial charge in [0, 0.05) is 26.1 Å². The third-order valence-corrected chi connectivity index (χ3v) is 6.67. The molecule has 9 heteroatoms. The Kier molecular flexibility index (Phi) is 13.3. The SMILES string of the molecule is Cc1ccc(COc2ccc(CN(CCC[NH3+])Cc3ccc(OCc4ccc(C)cc4)cc3)cc2)cc1.O=C([O-])C(F)(F)F. The fourth-order valence-corrected chi connectivity index (χ4v) is 4.15. The molecule has 0 atom stereocenters. The molecular weight excluding hydrogens is 569 g/mol. The normalized spacial score (nSPS) is 11.1. The Bertz CT molecular complexity index is 1310. The molecule has 0 bridgehead atoms. The summed E-state index contributed by atoms with van der Waals surface area (Å²) in [6, 6.07) is 33.9. The van der Waals surface area contributed by atoms with Crippen molar-refractivity contribution in [3.8, 4) is 11.5 Å². The number of aliphatic carboxylic acids is 1. The van der Waals surface area contributed by atoms with Crippen LogP contribution < -0.4 is 20.3 Å². The minimum Gasteiger partial charge on any atom is -0.542 e. The Morgan fingerprint density at radius 2 is 1.02 bits per heavy atom. The topological polar surface area (TPSA) is 89.5 Å². The maximum atomic E-state index is 10.5. The van der Waals surface area contributed by atoms with Gasteiger partial charge in [0.25, 0.3) is 0 Å². The number of halogens is 3. The second-order valence-corrected chi connectivity index (χ2v) is 10.5. The van der Waals surface area contributed by atoms with Crippen LogP contribution in [0.4, 0.5) is 13.2 Å². The number of aryl methyl sites for hydroxylation is 2. The van der Waals surface area contributed by atoms with Crippen molar-refractivity contribution in [2.45, 2.75) is 52.7 Å². The van der Waals surface area contributed by atoms with Gasteiger partial charge in [0.15, 0.2) is 0 Å². The second kappa shape index (κ2) is 17.1. The van der Waals surface area contributed by atoms with Crippen molar-refractivity contribution in [3.05, 3.63) is 130 Å². The third-order valence-electron chi connectivity index (χ3n) is 6.67. The van der Waals surface area contributed by atoms with Gasteiger partial charge in [-0.15, -0.1) is 0 Å². The quantitative estimate of drug-likeness (QED) is 0.220. The predicted molar refractivity (Wildman–Crippen MR) is 161 cm³/mol. The fraction of sp³-hybridized carbons (Fsp3) is 0.286. The summed E-state index contributed by atoms with van der Waals surface area (Å²) in [6.45, 7) is 9.10. The van der Waals surface area contributed by atoms with Crippen molar-refractivity contribution in [2.24, 2.45) is 0 Å². The Morgan fingerprint density at radius 3 is 1.34 bits per heavy atom.